The average Bonchev–Trinajstić information content (AvgIpc) is 3.38. The van der Waals surface area contributed by atoms with Crippen molar-refractivity contribution in [3.63, 3.8) is 0 Å². The van der Waals surface area contributed by atoms with E-state index in [1.807, 2.05) is 44.2 Å². The van der Waals surface area contributed by atoms with Gasteiger partial charge in [0.2, 0.25) is 5.91 Å². The molecule has 38 heavy (non-hydrogen) atoms. The molecule has 1 aliphatic rings. The minimum atomic E-state index is -1.38. The van der Waals surface area contributed by atoms with Gasteiger partial charge in [0.1, 0.15) is 23.9 Å². The molecule has 1 saturated heterocycles. The largest absolute Gasteiger partial charge is 0.481 e. The molecule has 1 aromatic carbocycles. The fraction of sp³-hybridized carbons (Fsp3) is 0.520. The quantitative estimate of drug-likeness (QED) is 0.173. The van der Waals surface area contributed by atoms with E-state index in [1.54, 1.807) is 0 Å². The normalized spacial score (nSPS) is 20.6. The van der Waals surface area contributed by atoms with E-state index in [2.05, 4.69) is 20.6 Å². The Labute approximate surface area is 221 Å². The number of aliphatic hydroxyl groups excluding tert-OH is 4. The van der Waals surface area contributed by atoms with Crippen LogP contribution in [-0.2, 0) is 20.5 Å². The van der Waals surface area contributed by atoms with Crippen molar-refractivity contribution in [1.82, 2.24) is 20.6 Å². The highest BCUT2D eigenvalue weighted by atomic mass is 16.7. The van der Waals surface area contributed by atoms with E-state index in [9.17, 15) is 30.0 Å². The van der Waals surface area contributed by atoms with Gasteiger partial charge in [-0.15, -0.1) is 0 Å². The highest BCUT2D eigenvalue weighted by Crippen LogP contribution is 2.26. The van der Waals surface area contributed by atoms with E-state index in [1.165, 1.54) is 18.6 Å². The van der Waals surface area contributed by atoms with Crippen molar-refractivity contribution in [2.24, 2.45) is 5.92 Å². The monoisotopic (exact) mass is 530 g/mol. The Kier molecular flexibility index (Phi) is 11.1. The van der Waals surface area contributed by atoms with Crippen molar-refractivity contribution in [1.29, 1.82) is 0 Å². The van der Waals surface area contributed by atoms with E-state index in [0.29, 0.717) is 6.42 Å². The van der Waals surface area contributed by atoms with Crippen LogP contribution in [-0.4, -0.2) is 98.9 Å². The molecule has 0 radical (unpaired) electrons. The van der Waals surface area contributed by atoms with Gasteiger partial charge in [-0.2, -0.15) is 0 Å². The van der Waals surface area contributed by atoms with Crippen molar-refractivity contribution >= 4 is 18.9 Å². The molecule has 3 rings (SSSR count). The highest BCUT2D eigenvalue weighted by molar-refractivity contribution is 6.47. The van der Waals surface area contributed by atoms with Gasteiger partial charge in [-0.25, -0.2) is 4.98 Å². The van der Waals surface area contributed by atoms with Crippen molar-refractivity contribution in [3.05, 3.63) is 60.2 Å². The molecule has 0 aliphatic carbocycles. The van der Waals surface area contributed by atoms with Crippen molar-refractivity contribution in [3.8, 4) is 0 Å². The molecule has 6 atom stereocenters. The second-order valence-electron chi connectivity index (χ2n) is 9.62. The van der Waals surface area contributed by atoms with E-state index >= 15 is 0 Å². The number of hydrogen-bond acceptors (Lipinski definition) is 10. The number of carbonyl (C=O) groups excluding carboxylic acids is 2. The number of amides is 2. The van der Waals surface area contributed by atoms with Crippen LogP contribution in [0.25, 0.3) is 0 Å². The van der Waals surface area contributed by atoms with E-state index in [4.69, 9.17) is 9.31 Å². The van der Waals surface area contributed by atoms with Gasteiger partial charge in [0.25, 0.3) is 5.91 Å². The van der Waals surface area contributed by atoms with Gasteiger partial charge in [-0.05, 0) is 17.9 Å². The van der Waals surface area contributed by atoms with Crippen molar-refractivity contribution in [2.75, 3.05) is 13.2 Å². The number of nitrogens with one attached hydrogen (secondary N) is 2. The lowest BCUT2D eigenvalue weighted by Gasteiger charge is -2.26. The van der Waals surface area contributed by atoms with Gasteiger partial charge in [0.15, 0.2) is 0 Å². The minimum absolute atomic E-state index is 0.0567. The van der Waals surface area contributed by atoms with Gasteiger partial charge in [-0.3, -0.25) is 14.6 Å². The maximum absolute atomic E-state index is 13.6. The van der Waals surface area contributed by atoms with Crippen molar-refractivity contribution in [2.45, 2.75) is 63.1 Å². The zero-order chi connectivity index (χ0) is 27.7. The molecule has 0 unspecified atom stereocenters. The van der Waals surface area contributed by atoms with E-state index in [0.717, 1.165) is 5.56 Å². The van der Waals surface area contributed by atoms with Crippen LogP contribution >= 0.6 is 0 Å². The molecular formula is C25H35BN4O8. The summed E-state index contributed by atoms with van der Waals surface area (Å²) in [6.45, 7) is 2.57. The van der Waals surface area contributed by atoms with E-state index in [-0.39, 0.29) is 18.0 Å². The topological polar surface area (TPSA) is 183 Å². The van der Waals surface area contributed by atoms with Crippen LogP contribution in [0.5, 0.6) is 0 Å². The summed E-state index contributed by atoms with van der Waals surface area (Å²) in [5, 5.41) is 44.9. The standard InChI is InChI=1S/C25H35BN4O8/c1-15(2)10-21(26-37-22(19(33)13-31)23(38-26)20(34)14-32)30-24(35)17(11-16-6-4-3-5-7-16)29-25(36)18-12-27-8-9-28-18/h3-9,12,15,17,19-23,31-34H,10-11,13-14H2,1-2H3,(H,29,36)(H,30,35)/t17-,19-,20-,21-,22+,23+/m0/s1. The molecule has 2 heterocycles. The lowest BCUT2D eigenvalue weighted by molar-refractivity contribution is -0.123. The number of rotatable bonds is 13. The predicted molar refractivity (Wildman–Crippen MR) is 137 cm³/mol. The summed E-state index contributed by atoms with van der Waals surface area (Å²) in [6, 6.07) is 8.20. The first-order valence-corrected chi connectivity index (χ1v) is 12.5. The molecule has 1 aromatic heterocycles. The molecule has 1 fully saturated rings. The van der Waals surface area contributed by atoms with Gasteiger partial charge < -0.3 is 40.4 Å². The van der Waals surface area contributed by atoms with Gasteiger partial charge >= 0.3 is 7.12 Å². The van der Waals surface area contributed by atoms with Crippen LogP contribution in [0.1, 0.15) is 36.3 Å². The van der Waals surface area contributed by atoms with Crippen LogP contribution in [0.15, 0.2) is 48.9 Å². The molecule has 0 spiro atoms. The lowest BCUT2D eigenvalue weighted by Crippen LogP contribution is -2.55. The lowest BCUT2D eigenvalue weighted by atomic mass is 9.74. The van der Waals surface area contributed by atoms with Crippen LogP contribution in [0, 0.1) is 5.92 Å². The number of benzene rings is 1. The summed E-state index contributed by atoms with van der Waals surface area (Å²) < 4.78 is 11.7. The van der Waals surface area contributed by atoms with Crippen LogP contribution in [0.3, 0.4) is 0 Å². The number of nitrogens with zero attached hydrogens (tertiary/aromatic N) is 2. The van der Waals surface area contributed by atoms with Crippen molar-refractivity contribution < 1.29 is 39.3 Å². The Hall–Kier alpha value is -2.94. The molecule has 2 aromatic rings. The zero-order valence-electron chi connectivity index (χ0n) is 21.4. The molecule has 0 saturated carbocycles. The number of aliphatic hydroxyl groups is 4. The maximum atomic E-state index is 13.6. The van der Waals surface area contributed by atoms with Crippen LogP contribution < -0.4 is 10.6 Å². The smallest absolute Gasteiger partial charge is 0.401 e. The molecule has 12 nitrogen and oxygen atoms in total. The second kappa shape index (κ2) is 14.3. The summed E-state index contributed by atoms with van der Waals surface area (Å²) in [6.07, 6.45) is -0.307. The first-order valence-electron chi connectivity index (χ1n) is 12.5. The highest BCUT2D eigenvalue weighted by Gasteiger charge is 2.50. The third kappa shape index (κ3) is 8.03. The first kappa shape index (κ1) is 29.6. The van der Waals surface area contributed by atoms with Gasteiger partial charge in [0.05, 0.1) is 37.6 Å². The Bertz CT molecular complexity index is 1000. The number of carbonyl (C=O) groups is 2. The van der Waals surface area contributed by atoms with E-state index < -0.39 is 68.5 Å². The molecule has 1 aliphatic heterocycles. The molecule has 13 heteroatoms. The molecule has 6 N–H and O–H groups in total. The Morgan fingerprint density at radius 2 is 1.63 bits per heavy atom. The third-order valence-electron chi connectivity index (χ3n) is 6.12. The first-order chi connectivity index (χ1) is 18.2. The SMILES string of the molecule is CC(C)C[C@H](NC(=O)[C@H](Cc1ccccc1)NC(=O)c1cnccn1)B1O[C@H]([C@@H](O)CO)[C@@H]([C@@H](O)CO)O1. The van der Waals surface area contributed by atoms with Gasteiger partial charge in [-0.1, -0.05) is 44.2 Å². The summed E-state index contributed by atoms with van der Waals surface area (Å²) in [5.74, 6) is -1.73. The summed E-state index contributed by atoms with van der Waals surface area (Å²) >= 11 is 0. The summed E-state index contributed by atoms with van der Waals surface area (Å²) in [7, 11) is -1.09. The fourth-order valence-corrected chi connectivity index (χ4v) is 4.25. The van der Waals surface area contributed by atoms with Crippen LogP contribution in [0.2, 0.25) is 0 Å². The Balaban J connectivity index is 1.81. The van der Waals surface area contributed by atoms with Gasteiger partial charge in [0, 0.05) is 18.8 Å². The second-order valence-corrected chi connectivity index (χ2v) is 9.62. The molecule has 206 valence electrons. The fourth-order valence-electron chi connectivity index (χ4n) is 4.25. The van der Waals surface area contributed by atoms with Crippen LogP contribution in [0.4, 0.5) is 0 Å². The maximum Gasteiger partial charge on any atom is 0.481 e. The minimum Gasteiger partial charge on any atom is -0.401 e. The zero-order valence-corrected chi connectivity index (χ0v) is 21.4. The molecular weight excluding hydrogens is 495 g/mol. The third-order valence-corrected chi connectivity index (χ3v) is 6.12. The predicted octanol–water partition coefficient (Wildman–Crippen LogP) is -1.13. The summed E-state index contributed by atoms with van der Waals surface area (Å²) in [4.78, 5) is 34.3. The Morgan fingerprint density at radius 1 is 1.00 bits per heavy atom. The summed E-state index contributed by atoms with van der Waals surface area (Å²) in [5.41, 5.74) is 0.874. The number of hydrogen-bond donors (Lipinski definition) is 6. The average molecular weight is 530 g/mol. The Morgan fingerprint density at radius 3 is 2.16 bits per heavy atom. The molecule has 0 bridgehead atoms. The molecule has 2 amide bonds. The number of aromatic nitrogens is 2.